The van der Waals surface area contributed by atoms with Gasteiger partial charge in [-0.05, 0) is 44.4 Å². The van der Waals surface area contributed by atoms with Gasteiger partial charge < -0.3 is 15.2 Å². The van der Waals surface area contributed by atoms with Crippen LogP contribution in [0.4, 0.5) is 0 Å². The van der Waals surface area contributed by atoms with E-state index in [1.807, 2.05) is 0 Å². The average Bonchev–Trinajstić information content (AvgIpc) is 2.88. The molecule has 19 heavy (non-hydrogen) atoms. The van der Waals surface area contributed by atoms with Gasteiger partial charge in [0.15, 0.2) is 0 Å². The molecule has 0 spiro atoms. The van der Waals surface area contributed by atoms with Gasteiger partial charge in [0.25, 0.3) is 0 Å². The van der Waals surface area contributed by atoms with E-state index in [0.29, 0.717) is 12.0 Å². The van der Waals surface area contributed by atoms with Crippen molar-refractivity contribution in [2.75, 3.05) is 6.61 Å². The highest BCUT2D eigenvalue weighted by atomic mass is 16.5. The van der Waals surface area contributed by atoms with Crippen molar-refractivity contribution in [3.05, 3.63) is 29.3 Å². The van der Waals surface area contributed by atoms with Gasteiger partial charge >= 0.3 is 0 Å². The van der Waals surface area contributed by atoms with Gasteiger partial charge in [0.1, 0.15) is 11.4 Å². The molecule has 3 atom stereocenters. The molecule has 0 aliphatic carbocycles. The first kappa shape index (κ1) is 12.9. The average molecular weight is 261 g/mol. The molecule has 0 bridgehead atoms. The SMILES string of the molecule is CC1CC(C(N)c2ccc3c(c2)CC(C)(C)O3)CO1. The lowest BCUT2D eigenvalue weighted by Gasteiger charge is -2.18. The van der Waals surface area contributed by atoms with E-state index >= 15 is 0 Å². The zero-order valence-corrected chi connectivity index (χ0v) is 12.0. The van der Waals surface area contributed by atoms with Gasteiger partial charge in [0.05, 0.1) is 12.7 Å². The van der Waals surface area contributed by atoms with E-state index in [4.69, 9.17) is 15.2 Å². The number of hydrogen-bond donors (Lipinski definition) is 1. The zero-order chi connectivity index (χ0) is 13.6. The van der Waals surface area contributed by atoms with Crippen LogP contribution in [0.25, 0.3) is 0 Å². The number of fused-ring (bicyclic) bond motifs is 1. The quantitative estimate of drug-likeness (QED) is 0.890. The minimum Gasteiger partial charge on any atom is -0.487 e. The van der Waals surface area contributed by atoms with Crippen molar-refractivity contribution in [1.82, 2.24) is 0 Å². The molecule has 3 nitrogen and oxygen atoms in total. The third-order valence-electron chi connectivity index (χ3n) is 4.21. The van der Waals surface area contributed by atoms with E-state index in [9.17, 15) is 0 Å². The lowest BCUT2D eigenvalue weighted by molar-refractivity contribution is 0.118. The first-order valence-corrected chi connectivity index (χ1v) is 7.14. The topological polar surface area (TPSA) is 44.5 Å². The smallest absolute Gasteiger partial charge is 0.123 e. The molecule has 3 unspecified atom stereocenters. The number of ether oxygens (including phenoxy) is 2. The molecule has 0 amide bonds. The van der Waals surface area contributed by atoms with Crippen LogP contribution >= 0.6 is 0 Å². The Labute approximate surface area is 115 Å². The van der Waals surface area contributed by atoms with Gasteiger partial charge in [-0.3, -0.25) is 0 Å². The molecular formula is C16H23NO2. The van der Waals surface area contributed by atoms with E-state index in [-0.39, 0.29) is 11.6 Å². The van der Waals surface area contributed by atoms with Crippen LogP contribution in [0.1, 0.15) is 44.4 Å². The third kappa shape index (κ3) is 2.49. The van der Waals surface area contributed by atoms with Crippen molar-refractivity contribution in [2.24, 2.45) is 11.7 Å². The summed E-state index contributed by atoms with van der Waals surface area (Å²) in [4.78, 5) is 0. The summed E-state index contributed by atoms with van der Waals surface area (Å²) < 4.78 is 11.5. The monoisotopic (exact) mass is 261 g/mol. The predicted octanol–water partition coefficient (Wildman–Crippen LogP) is 2.82. The Balaban J connectivity index is 1.80. The standard InChI is InChI=1S/C16H23NO2/c1-10-6-13(9-18-10)15(17)11-4-5-14-12(7-11)8-16(2,3)19-14/h4-5,7,10,13,15H,6,8-9,17H2,1-3H3. The summed E-state index contributed by atoms with van der Waals surface area (Å²) in [5.74, 6) is 1.44. The van der Waals surface area contributed by atoms with Gasteiger partial charge in [-0.25, -0.2) is 0 Å². The van der Waals surface area contributed by atoms with Crippen LogP contribution < -0.4 is 10.5 Å². The molecule has 2 aliphatic heterocycles. The Morgan fingerprint density at radius 2 is 2.16 bits per heavy atom. The fourth-order valence-corrected chi connectivity index (χ4v) is 3.21. The first-order chi connectivity index (χ1) is 8.94. The predicted molar refractivity (Wildman–Crippen MR) is 75.3 cm³/mol. The van der Waals surface area contributed by atoms with Crippen molar-refractivity contribution < 1.29 is 9.47 Å². The van der Waals surface area contributed by atoms with Crippen LogP contribution in [0.5, 0.6) is 5.75 Å². The van der Waals surface area contributed by atoms with Crippen molar-refractivity contribution >= 4 is 0 Å². The molecule has 104 valence electrons. The van der Waals surface area contributed by atoms with E-state index in [1.165, 1.54) is 11.1 Å². The second kappa shape index (κ2) is 4.50. The summed E-state index contributed by atoms with van der Waals surface area (Å²) in [6.45, 7) is 7.14. The highest BCUT2D eigenvalue weighted by Gasteiger charge is 2.32. The summed E-state index contributed by atoms with van der Waals surface area (Å²) in [6, 6.07) is 6.46. The van der Waals surface area contributed by atoms with Crippen molar-refractivity contribution in [1.29, 1.82) is 0 Å². The maximum absolute atomic E-state index is 6.40. The molecular weight excluding hydrogens is 238 g/mol. The Hall–Kier alpha value is -1.06. The van der Waals surface area contributed by atoms with Gasteiger partial charge in [-0.1, -0.05) is 12.1 Å². The van der Waals surface area contributed by atoms with Gasteiger partial charge in [0.2, 0.25) is 0 Å². The minimum atomic E-state index is -0.0873. The summed E-state index contributed by atoms with van der Waals surface area (Å²) in [6.07, 6.45) is 2.36. The van der Waals surface area contributed by atoms with Crippen LogP contribution in [-0.4, -0.2) is 18.3 Å². The summed E-state index contributed by atoms with van der Waals surface area (Å²) in [5.41, 5.74) is 8.81. The summed E-state index contributed by atoms with van der Waals surface area (Å²) in [7, 11) is 0. The van der Waals surface area contributed by atoms with E-state index in [2.05, 4.69) is 39.0 Å². The molecule has 1 aromatic rings. The maximum Gasteiger partial charge on any atom is 0.123 e. The fourth-order valence-electron chi connectivity index (χ4n) is 3.21. The molecule has 1 fully saturated rings. The molecule has 0 radical (unpaired) electrons. The lowest BCUT2D eigenvalue weighted by atomic mass is 9.90. The fraction of sp³-hybridized carbons (Fsp3) is 0.625. The minimum absolute atomic E-state index is 0.0685. The Morgan fingerprint density at radius 1 is 1.37 bits per heavy atom. The largest absolute Gasteiger partial charge is 0.487 e. The molecule has 2 aliphatic rings. The number of benzene rings is 1. The van der Waals surface area contributed by atoms with E-state index in [0.717, 1.165) is 25.2 Å². The zero-order valence-electron chi connectivity index (χ0n) is 12.0. The van der Waals surface area contributed by atoms with E-state index in [1.54, 1.807) is 0 Å². The van der Waals surface area contributed by atoms with E-state index < -0.39 is 0 Å². The lowest BCUT2D eigenvalue weighted by Crippen LogP contribution is -2.24. The van der Waals surface area contributed by atoms with Gasteiger partial charge in [-0.2, -0.15) is 0 Å². The second-order valence-corrected chi connectivity index (χ2v) is 6.57. The van der Waals surface area contributed by atoms with Gasteiger partial charge in [0, 0.05) is 18.4 Å². The highest BCUT2D eigenvalue weighted by Crippen LogP contribution is 2.38. The Morgan fingerprint density at radius 3 is 2.84 bits per heavy atom. The highest BCUT2D eigenvalue weighted by molar-refractivity contribution is 5.42. The number of nitrogens with two attached hydrogens (primary N) is 1. The summed E-state index contributed by atoms with van der Waals surface area (Å²) in [5, 5.41) is 0. The summed E-state index contributed by atoms with van der Waals surface area (Å²) >= 11 is 0. The maximum atomic E-state index is 6.40. The molecule has 2 N–H and O–H groups in total. The molecule has 1 saturated heterocycles. The van der Waals surface area contributed by atoms with Crippen LogP contribution in [0.3, 0.4) is 0 Å². The van der Waals surface area contributed by atoms with Crippen molar-refractivity contribution in [3.8, 4) is 5.75 Å². The van der Waals surface area contributed by atoms with Crippen LogP contribution in [-0.2, 0) is 11.2 Å². The molecule has 2 heterocycles. The third-order valence-corrected chi connectivity index (χ3v) is 4.21. The van der Waals surface area contributed by atoms with Crippen LogP contribution in [0.2, 0.25) is 0 Å². The Kier molecular flexibility index (Phi) is 3.06. The van der Waals surface area contributed by atoms with Crippen molar-refractivity contribution in [2.45, 2.75) is 51.4 Å². The molecule has 0 aromatic heterocycles. The van der Waals surface area contributed by atoms with Crippen molar-refractivity contribution in [3.63, 3.8) is 0 Å². The van der Waals surface area contributed by atoms with Gasteiger partial charge in [-0.15, -0.1) is 0 Å². The molecule has 3 heteroatoms. The normalized spacial score (nSPS) is 29.9. The molecule has 1 aromatic carbocycles. The number of hydrogen-bond acceptors (Lipinski definition) is 3. The second-order valence-electron chi connectivity index (χ2n) is 6.57. The van der Waals surface area contributed by atoms with Crippen LogP contribution in [0.15, 0.2) is 18.2 Å². The Bertz CT molecular complexity index is 484. The number of rotatable bonds is 2. The first-order valence-electron chi connectivity index (χ1n) is 7.14. The molecule has 0 saturated carbocycles. The van der Waals surface area contributed by atoms with Crippen LogP contribution in [0, 0.1) is 5.92 Å². The molecule has 3 rings (SSSR count).